The molecule has 3 aliphatic carbocycles. The Labute approximate surface area is 297 Å². The number of hydrogen-bond acceptors (Lipinski definition) is 8. The highest BCUT2D eigenvalue weighted by atomic mass is 19.1. The van der Waals surface area contributed by atoms with E-state index < -0.39 is 54.6 Å². The summed E-state index contributed by atoms with van der Waals surface area (Å²) in [5.74, 6) is 0. The van der Waals surface area contributed by atoms with Gasteiger partial charge in [0.25, 0.3) is 0 Å². The van der Waals surface area contributed by atoms with E-state index in [2.05, 4.69) is 19.2 Å². The number of hydrogen-bond donors (Lipinski definition) is 6. The van der Waals surface area contributed by atoms with Gasteiger partial charge in [-0.15, -0.1) is 0 Å². The summed E-state index contributed by atoms with van der Waals surface area (Å²) in [5, 5.41) is 55.5. The summed E-state index contributed by atoms with van der Waals surface area (Å²) in [6.45, 7) is 5.82. The second-order valence-corrected chi connectivity index (χ2v) is 16.0. The molecular formula is C40H73FNO7. The number of unbranched alkanes of at least 4 members (excludes halogenated alkanes) is 18. The third kappa shape index (κ3) is 15.0. The van der Waals surface area contributed by atoms with Crippen molar-refractivity contribution in [2.75, 3.05) is 6.61 Å². The number of nitrogens with one attached hydrogen (secondary N) is 1. The van der Waals surface area contributed by atoms with Crippen LogP contribution in [0.2, 0.25) is 0 Å². The third-order valence-electron chi connectivity index (χ3n) is 11.3. The fourth-order valence-electron chi connectivity index (χ4n) is 8.18. The third-order valence-corrected chi connectivity index (χ3v) is 11.3. The molecule has 1 radical (unpaired) electrons. The van der Waals surface area contributed by atoms with Gasteiger partial charge in [0.2, 0.25) is 0 Å². The van der Waals surface area contributed by atoms with E-state index in [1.807, 2.05) is 6.08 Å². The van der Waals surface area contributed by atoms with Crippen molar-refractivity contribution < 1.29 is 39.4 Å². The molecule has 9 heteroatoms. The predicted octanol–water partition coefficient (Wildman–Crippen LogP) is 7.33. The molecule has 1 heterocycles. The lowest BCUT2D eigenvalue weighted by atomic mass is 9.41. The molecule has 49 heavy (non-hydrogen) atoms. The maximum Gasteiger partial charge on any atom is 0.186 e. The fraction of sp³-hybridized carbons (Fsp3) is 0.925. The number of ether oxygens (including phenoxy) is 2. The van der Waals surface area contributed by atoms with Crippen LogP contribution in [0.25, 0.3) is 0 Å². The number of aliphatic hydroxyl groups excluding tert-OH is 5. The second-order valence-electron chi connectivity index (χ2n) is 16.0. The number of halogens is 1. The Morgan fingerprint density at radius 2 is 1.31 bits per heavy atom. The topological polar surface area (TPSA) is 132 Å². The van der Waals surface area contributed by atoms with Crippen LogP contribution in [-0.2, 0) is 9.47 Å². The fourth-order valence-corrected chi connectivity index (χ4v) is 8.18. The molecule has 0 aromatic rings. The monoisotopic (exact) mass is 699 g/mol. The van der Waals surface area contributed by atoms with E-state index in [4.69, 9.17) is 9.47 Å². The molecule has 1 saturated heterocycles. The van der Waals surface area contributed by atoms with Crippen LogP contribution >= 0.6 is 0 Å². The molecule has 4 fully saturated rings. The highest BCUT2D eigenvalue weighted by Crippen LogP contribution is 2.71. The summed E-state index contributed by atoms with van der Waals surface area (Å²) in [6, 6.07) is -0.674. The van der Waals surface area contributed by atoms with Gasteiger partial charge in [-0.25, -0.2) is 4.39 Å². The van der Waals surface area contributed by atoms with E-state index in [1.54, 1.807) is 6.20 Å². The van der Waals surface area contributed by atoms with Crippen molar-refractivity contribution in [2.24, 2.45) is 5.41 Å². The Morgan fingerprint density at radius 3 is 1.88 bits per heavy atom. The minimum Gasteiger partial charge on any atom is -0.390 e. The Morgan fingerprint density at radius 1 is 0.776 bits per heavy atom. The first kappa shape index (κ1) is 42.6. The van der Waals surface area contributed by atoms with Crippen LogP contribution in [-0.4, -0.2) is 86.8 Å². The zero-order chi connectivity index (χ0) is 35.5. The normalized spacial score (nSPS) is 31.3. The predicted molar refractivity (Wildman–Crippen MR) is 193 cm³/mol. The van der Waals surface area contributed by atoms with Gasteiger partial charge in [-0.1, -0.05) is 129 Å². The minimum absolute atomic E-state index is 0.0892. The van der Waals surface area contributed by atoms with Crippen molar-refractivity contribution in [1.82, 2.24) is 5.32 Å². The van der Waals surface area contributed by atoms with Gasteiger partial charge in [0.1, 0.15) is 30.1 Å². The van der Waals surface area contributed by atoms with Crippen molar-refractivity contribution >= 4 is 0 Å². The molecule has 2 bridgehead atoms. The molecule has 8 atom stereocenters. The molecule has 8 nitrogen and oxygen atoms in total. The Balaban J connectivity index is 1.29. The van der Waals surface area contributed by atoms with Crippen LogP contribution in [0.15, 0.2) is 12.3 Å². The van der Waals surface area contributed by atoms with Crippen molar-refractivity contribution in [3.05, 3.63) is 19.2 Å². The van der Waals surface area contributed by atoms with Crippen LogP contribution in [0.1, 0.15) is 167 Å². The zero-order valence-corrected chi connectivity index (χ0v) is 30.8. The molecule has 6 N–H and O–H groups in total. The molecule has 1 aliphatic heterocycles. The minimum atomic E-state index is -1.47. The van der Waals surface area contributed by atoms with Crippen molar-refractivity contribution in [3.8, 4) is 0 Å². The molecule has 4 rings (SSSR count). The van der Waals surface area contributed by atoms with Gasteiger partial charge in [-0.2, -0.15) is 0 Å². The quantitative estimate of drug-likeness (QED) is 0.0430. The van der Waals surface area contributed by atoms with Gasteiger partial charge in [0.05, 0.1) is 24.9 Å². The molecule has 287 valence electrons. The average molecular weight is 699 g/mol. The smallest absolute Gasteiger partial charge is 0.186 e. The average Bonchev–Trinajstić information content (AvgIpc) is 3.06. The first-order chi connectivity index (χ1) is 23.6. The van der Waals surface area contributed by atoms with Crippen LogP contribution in [0.3, 0.4) is 0 Å². The lowest BCUT2D eigenvalue weighted by molar-refractivity contribution is -0.290. The Bertz CT molecular complexity index is 873. The molecular weight excluding hydrogens is 625 g/mol. The lowest BCUT2D eigenvalue weighted by Gasteiger charge is -2.66. The van der Waals surface area contributed by atoms with Gasteiger partial charge in [0, 0.05) is 0 Å². The summed E-state index contributed by atoms with van der Waals surface area (Å²) >= 11 is 0. The Hall–Kier alpha value is -0.810. The highest BCUT2D eigenvalue weighted by molar-refractivity contribution is 5.18. The molecule has 0 aromatic heterocycles. The number of rotatable bonds is 30. The highest BCUT2D eigenvalue weighted by Gasteiger charge is 2.68. The summed E-state index contributed by atoms with van der Waals surface area (Å²) in [7, 11) is 0. The largest absolute Gasteiger partial charge is 0.390 e. The van der Waals surface area contributed by atoms with E-state index >= 15 is 0 Å². The maximum atomic E-state index is 13.7. The molecule has 0 unspecified atom stereocenters. The number of allylic oxidation sites excluding steroid dienone is 1. The molecule has 0 aromatic carbocycles. The van der Waals surface area contributed by atoms with E-state index in [9.17, 15) is 29.9 Å². The van der Waals surface area contributed by atoms with Crippen LogP contribution < -0.4 is 5.32 Å². The lowest BCUT2D eigenvalue weighted by Crippen LogP contribution is -2.64. The number of alkyl halides is 1. The molecule has 3 saturated carbocycles. The van der Waals surface area contributed by atoms with Crippen molar-refractivity contribution in [2.45, 2.75) is 222 Å². The molecule has 4 aliphatic rings. The van der Waals surface area contributed by atoms with Crippen molar-refractivity contribution in [3.63, 3.8) is 0 Å². The Kier molecular flexibility index (Phi) is 20.0. The summed E-state index contributed by atoms with van der Waals surface area (Å²) in [4.78, 5) is 0. The molecule has 0 amide bonds. The SMILES string of the molecule is [CH2][C@H]1O[C@H](OC[C@H](NC=CCCCCCCCCCC23CC(F)(C2)C3)[C@H](O)[C@H](O)CCCCCCCCCCCCCC)[C@H](O)[C@@H](O)[C@H]1O. The van der Waals surface area contributed by atoms with E-state index in [-0.39, 0.29) is 6.61 Å². The zero-order valence-electron chi connectivity index (χ0n) is 30.8. The van der Waals surface area contributed by atoms with Crippen LogP contribution in [0.5, 0.6) is 0 Å². The second kappa shape index (κ2) is 23.0. The summed E-state index contributed by atoms with van der Waals surface area (Å²) in [5.41, 5.74) is -0.390. The van der Waals surface area contributed by atoms with Crippen molar-refractivity contribution in [1.29, 1.82) is 0 Å². The van der Waals surface area contributed by atoms with E-state index in [0.29, 0.717) is 11.8 Å². The summed E-state index contributed by atoms with van der Waals surface area (Å²) in [6.07, 6.45) is 23.5. The van der Waals surface area contributed by atoms with Crippen LogP contribution in [0, 0.1) is 12.3 Å². The first-order valence-corrected chi connectivity index (χ1v) is 20.2. The van der Waals surface area contributed by atoms with Gasteiger partial charge in [-0.05, 0) is 63.5 Å². The van der Waals surface area contributed by atoms with Gasteiger partial charge in [0.15, 0.2) is 6.29 Å². The van der Waals surface area contributed by atoms with E-state index in [0.717, 1.165) is 57.8 Å². The van der Waals surface area contributed by atoms with Gasteiger partial charge >= 0.3 is 0 Å². The standard InChI is InChI=1S/C40H73FNO7/c1-3-4-5-6-7-8-9-10-12-15-18-21-24-33(43)35(45)32(27-48-38-37(47)36(46)34(44)31(2)49-38)42-26-23-20-17-14-11-13-16-19-22-25-39-28-40(41,29-39)30-39/h23,26,31-38,42-47H,2-22,24-25,27-30H2,1H3/t31-,32+,33-,34+,35+,36+,37-,38+,39?,40?/m1/s1. The van der Waals surface area contributed by atoms with Crippen LogP contribution in [0.4, 0.5) is 4.39 Å². The molecule has 0 spiro atoms. The number of aliphatic hydroxyl groups is 5. The van der Waals surface area contributed by atoms with Gasteiger partial charge < -0.3 is 40.3 Å². The van der Waals surface area contributed by atoms with E-state index in [1.165, 1.54) is 96.3 Å². The maximum absolute atomic E-state index is 13.7. The summed E-state index contributed by atoms with van der Waals surface area (Å²) < 4.78 is 24.9. The van der Waals surface area contributed by atoms with Gasteiger partial charge in [-0.3, -0.25) is 0 Å². The first-order valence-electron chi connectivity index (χ1n) is 20.2.